The topological polar surface area (TPSA) is 6.48 Å². The molecule has 2 nitrogen and oxygen atoms in total. The maximum Gasteiger partial charge on any atom is 0.123 e. The molecule has 4 heteroatoms. The van der Waals surface area contributed by atoms with Gasteiger partial charge in [-0.2, -0.15) is 0 Å². The number of unbranched alkanes of at least 4 members (excludes halogenated alkanes) is 2. The summed E-state index contributed by atoms with van der Waals surface area (Å²) in [5.74, 6) is 0.904. The van der Waals surface area contributed by atoms with Crippen molar-refractivity contribution in [2.75, 3.05) is 39.3 Å². The Balaban J connectivity index is 1.06. The van der Waals surface area contributed by atoms with Crippen molar-refractivity contribution in [3.05, 3.63) is 71.3 Å². The first-order valence-corrected chi connectivity index (χ1v) is 12.1. The van der Waals surface area contributed by atoms with Crippen LogP contribution in [0.2, 0.25) is 0 Å². The van der Waals surface area contributed by atoms with Gasteiger partial charge in [0.15, 0.2) is 0 Å². The molecule has 0 aliphatic carbocycles. The number of halogens is 2. The molecule has 31 heavy (non-hydrogen) atoms. The third-order valence-corrected chi connectivity index (χ3v) is 7.31. The Morgan fingerprint density at radius 1 is 0.548 bits per heavy atom. The smallest absolute Gasteiger partial charge is 0.123 e. The summed E-state index contributed by atoms with van der Waals surface area (Å²) in [6, 6.07) is 14.2. The summed E-state index contributed by atoms with van der Waals surface area (Å²) >= 11 is 0. The fourth-order valence-corrected chi connectivity index (χ4v) is 5.30. The molecule has 0 N–H and O–H groups in total. The van der Waals surface area contributed by atoms with E-state index in [1.54, 1.807) is 24.3 Å². The predicted octanol–water partition coefficient (Wildman–Crippen LogP) is 6.19. The molecular formula is C27H36F2N2. The van der Waals surface area contributed by atoms with Crippen molar-refractivity contribution in [1.82, 2.24) is 9.80 Å². The number of piperidine rings is 2. The van der Waals surface area contributed by atoms with Crippen LogP contribution < -0.4 is 0 Å². The lowest BCUT2D eigenvalue weighted by Gasteiger charge is -2.33. The highest BCUT2D eigenvalue weighted by atomic mass is 19.1. The first-order chi connectivity index (χ1) is 15.2. The van der Waals surface area contributed by atoms with E-state index in [9.17, 15) is 8.78 Å². The van der Waals surface area contributed by atoms with Gasteiger partial charge < -0.3 is 9.80 Å². The van der Waals surface area contributed by atoms with E-state index in [1.165, 1.54) is 95.3 Å². The van der Waals surface area contributed by atoms with Crippen LogP contribution in [0.1, 0.15) is 67.9 Å². The minimum atomic E-state index is -0.140. The van der Waals surface area contributed by atoms with Crippen LogP contribution in [0, 0.1) is 11.6 Å². The largest absolute Gasteiger partial charge is 0.303 e. The first kappa shape index (κ1) is 22.4. The maximum absolute atomic E-state index is 13.1. The summed E-state index contributed by atoms with van der Waals surface area (Å²) in [5.41, 5.74) is 2.59. The second kappa shape index (κ2) is 11.2. The van der Waals surface area contributed by atoms with Crippen molar-refractivity contribution in [3.8, 4) is 0 Å². The van der Waals surface area contributed by atoms with E-state index in [0.29, 0.717) is 11.8 Å². The van der Waals surface area contributed by atoms with Crippen LogP contribution >= 0.6 is 0 Å². The van der Waals surface area contributed by atoms with Gasteiger partial charge in [0.2, 0.25) is 0 Å². The number of nitrogens with zero attached hydrogens (tertiary/aromatic N) is 2. The fourth-order valence-electron chi connectivity index (χ4n) is 5.30. The molecule has 0 atom stereocenters. The first-order valence-electron chi connectivity index (χ1n) is 12.1. The Kier molecular flexibility index (Phi) is 8.09. The Labute approximate surface area is 186 Å². The van der Waals surface area contributed by atoms with Crippen molar-refractivity contribution in [2.45, 2.75) is 56.8 Å². The minimum absolute atomic E-state index is 0.140. The molecule has 2 aliphatic heterocycles. The Morgan fingerprint density at radius 2 is 0.903 bits per heavy atom. The zero-order valence-electron chi connectivity index (χ0n) is 18.6. The van der Waals surface area contributed by atoms with Gasteiger partial charge >= 0.3 is 0 Å². The maximum atomic E-state index is 13.1. The average molecular weight is 427 g/mol. The zero-order valence-corrected chi connectivity index (χ0v) is 18.6. The third-order valence-electron chi connectivity index (χ3n) is 7.31. The molecule has 2 heterocycles. The number of hydrogen-bond donors (Lipinski definition) is 0. The van der Waals surface area contributed by atoms with E-state index >= 15 is 0 Å². The van der Waals surface area contributed by atoms with Crippen LogP contribution in [0.3, 0.4) is 0 Å². The molecule has 2 saturated heterocycles. The van der Waals surface area contributed by atoms with E-state index in [-0.39, 0.29) is 11.6 Å². The van der Waals surface area contributed by atoms with Crippen molar-refractivity contribution in [2.24, 2.45) is 0 Å². The monoisotopic (exact) mass is 426 g/mol. The SMILES string of the molecule is Fc1ccc(C2CCN(CCCCCN3CCC(c4ccc(F)cc4)CC3)CC2)cc1. The van der Waals surface area contributed by atoms with E-state index in [1.807, 2.05) is 24.3 Å². The van der Waals surface area contributed by atoms with Gasteiger partial charge in [0, 0.05) is 0 Å². The predicted molar refractivity (Wildman–Crippen MR) is 123 cm³/mol. The quantitative estimate of drug-likeness (QED) is 0.464. The van der Waals surface area contributed by atoms with Gasteiger partial charge in [-0.1, -0.05) is 30.7 Å². The average Bonchev–Trinajstić information content (AvgIpc) is 2.81. The Hall–Kier alpha value is -1.78. The highest BCUT2D eigenvalue weighted by molar-refractivity contribution is 5.22. The van der Waals surface area contributed by atoms with Crippen LogP contribution in [-0.2, 0) is 0 Å². The van der Waals surface area contributed by atoms with Crippen LogP contribution in [0.15, 0.2) is 48.5 Å². The van der Waals surface area contributed by atoms with Gasteiger partial charge in [-0.15, -0.1) is 0 Å². The van der Waals surface area contributed by atoms with Crippen LogP contribution in [-0.4, -0.2) is 49.1 Å². The molecule has 0 amide bonds. The lowest BCUT2D eigenvalue weighted by Crippen LogP contribution is -2.34. The number of rotatable bonds is 8. The van der Waals surface area contributed by atoms with Crippen molar-refractivity contribution in [3.63, 3.8) is 0 Å². The second-order valence-electron chi connectivity index (χ2n) is 9.40. The van der Waals surface area contributed by atoms with E-state index in [4.69, 9.17) is 0 Å². The third kappa shape index (κ3) is 6.60. The van der Waals surface area contributed by atoms with Gasteiger partial charge in [-0.3, -0.25) is 0 Å². The standard InChI is InChI=1S/C27H36F2N2/c28-26-8-4-22(5-9-26)24-12-18-30(19-13-24)16-2-1-3-17-31-20-14-25(15-21-31)23-6-10-27(29)11-7-23/h4-11,24-25H,1-3,12-21H2. The zero-order chi connectivity index (χ0) is 21.5. The van der Waals surface area contributed by atoms with E-state index in [0.717, 1.165) is 0 Å². The van der Waals surface area contributed by atoms with Crippen molar-refractivity contribution in [1.29, 1.82) is 0 Å². The van der Waals surface area contributed by atoms with Crippen molar-refractivity contribution >= 4 is 0 Å². The van der Waals surface area contributed by atoms with Gasteiger partial charge in [0.05, 0.1) is 0 Å². The summed E-state index contributed by atoms with van der Waals surface area (Å²) in [4.78, 5) is 5.21. The van der Waals surface area contributed by atoms with Gasteiger partial charge in [0.25, 0.3) is 0 Å². The van der Waals surface area contributed by atoms with Crippen LogP contribution in [0.25, 0.3) is 0 Å². The van der Waals surface area contributed by atoms with Crippen LogP contribution in [0.5, 0.6) is 0 Å². The number of hydrogen-bond acceptors (Lipinski definition) is 2. The Morgan fingerprint density at radius 3 is 1.26 bits per heavy atom. The fraction of sp³-hybridized carbons (Fsp3) is 0.556. The molecule has 4 rings (SSSR count). The molecule has 2 fully saturated rings. The molecule has 2 aromatic carbocycles. The molecule has 0 saturated carbocycles. The van der Waals surface area contributed by atoms with E-state index < -0.39 is 0 Å². The lowest BCUT2D eigenvalue weighted by molar-refractivity contribution is 0.196. The molecule has 0 radical (unpaired) electrons. The molecule has 0 bridgehead atoms. The summed E-state index contributed by atoms with van der Waals surface area (Å²) < 4.78 is 26.2. The van der Waals surface area contributed by atoms with Gasteiger partial charge in [-0.25, -0.2) is 8.78 Å². The minimum Gasteiger partial charge on any atom is -0.303 e. The lowest BCUT2D eigenvalue weighted by atomic mass is 9.89. The molecule has 0 spiro atoms. The van der Waals surface area contributed by atoms with Crippen LogP contribution in [0.4, 0.5) is 8.78 Å². The van der Waals surface area contributed by atoms with Gasteiger partial charge in [0.1, 0.15) is 11.6 Å². The normalized spacial score (nSPS) is 19.7. The molecular weight excluding hydrogens is 390 g/mol. The summed E-state index contributed by atoms with van der Waals surface area (Å²) in [7, 11) is 0. The molecule has 2 aliphatic rings. The van der Waals surface area contributed by atoms with Gasteiger partial charge in [-0.05, 0) is 125 Å². The second-order valence-corrected chi connectivity index (χ2v) is 9.40. The molecule has 0 unspecified atom stereocenters. The highest BCUT2D eigenvalue weighted by Gasteiger charge is 2.21. The molecule has 168 valence electrons. The molecule has 0 aromatic heterocycles. The summed E-state index contributed by atoms with van der Waals surface area (Å²) in [6.45, 7) is 7.08. The van der Waals surface area contributed by atoms with E-state index in [2.05, 4.69) is 9.80 Å². The summed E-state index contributed by atoms with van der Waals surface area (Å²) in [5, 5.41) is 0. The highest BCUT2D eigenvalue weighted by Crippen LogP contribution is 2.29. The summed E-state index contributed by atoms with van der Waals surface area (Å²) in [6.07, 6.45) is 8.63. The number of benzene rings is 2. The van der Waals surface area contributed by atoms with Crippen molar-refractivity contribution < 1.29 is 8.78 Å². The Bertz CT molecular complexity index is 706. The number of likely N-dealkylation sites (tertiary alicyclic amines) is 2. The molecule has 2 aromatic rings.